The maximum Gasteiger partial charge on any atom is 0.127 e. The number of aryl methyl sites for hydroxylation is 1. The van der Waals surface area contributed by atoms with Crippen LogP contribution in [0.4, 0.5) is 5.69 Å². The standard InChI is InChI=1S/C18H23NO/c1-4-19(18-8-6-5-7-9-18)16(3)20-14-17-12-10-15(2)11-13-17/h5-13,16H,4,14H2,1-3H3. The van der Waals surface area contributed by atoms with Crippen LogP contribution in [0.3, 0.4) is 0 Å². The van der Waals surface area contributed by atoms with E-state index in [1.807, 2.05) is 6.07 Å². The molecule has 0 saturated carbocycles. The van der Waals surface area contributed by atoms with Crippen LogP contribution >= 0.6 is 0 Å². The molecule has 0 radical (unpaired) electrons. The summed E-state index contributed by atoms with van der Waals surface area (Å²) < 4.78 is 6.00. The average Bonchev–Trinajstić information content (AvgIpc) is 2.48. The molecule has 0 aromatic heterocycles. The second kappa shape index (κ2) is 7.11. The predicted molar refractivity (Wildman–Crippen MR) is 84.9 cm³/mol. The molecule has 2 rings (SSSR count). The van der Waals surface area contributed by atoms with Crippen LogP contribution in [0.5, 0.6) is 0 Å². The third kappa shape index (κ3) is 3.84. The number of para-hydroxylation sites is 1. The molecule has 20 heavy (non-hydrogen) atoms. The molecular formula is C18H23NO. The SMILES string of the molecule is CCN(c1ccccc1)C(C)OCc1ccc(C)cc1. The Kier molecular flexibility index (Phi) is 5.19. The Hall–Kier alpha value is -1.80. The van der Waals surface area contributed by atoms with Crippen LogP contribution in [0.15, 0.2) is 54.6 Å². The minimum atomic E-state index is 0.0590. The summed E-state index contributed by atoms with van der Waals surface area (Å²) in [4.78, 5) is 2.26. The molecule has 2 aromatic rings. The highest BCUT2D eigenvalue weighted by Gasteiger charge is 2.12. The third-order valence-electron chi connectivity index (χ3n) is 3.48. The Balaban J connectivity index is 1.96. The maximum absolute atomic E-state index is 6.00. The van der Waals surface area contributed by atoms with E-state index in [-0.39, 0.29) is 6.23 Å². The van der Waals surface area contributed by atoms with Gasteiger partial charge in [0.1, 0.15) is 6.23 Å². The molecule has 1 atom stereocenters. The lowest BCUT2D eigenvalue weighted by molar-refractivity contribution is 0.0512. The Morgan fingerprint density at radius 2 is 1.65 bits per heavy atom. The minimum absolute atomic E-state index is 0.0590. The van der Waals surface area contributed by atoms with Gasteiger partial charge in [0.05, 0.1) is 6.61 Å². The first kappa shape index (κ1) is 14.6. The quantitative estimate of drug-likeness (QED) is 0.721. The fourth-order valence-electron chi connectivity index (χ4n) is 2.26. The number of ether oxygens (including phenoxy) is 1. The molecule has 0 spiro atoms. The molecule has 0 aliphatic heterocycles. The van der Waals surface area contributed by atoms with Crippen LogP contribution < -0.4 is 4.90 Å². The van der Waals surface area contributed by atoms with Gasteiger partial charge in [-0.15, -0.1) is 0 Å². The number of hydrogen-bond donors (Lipinski definition) is 0. The molecule has 0 bridgehead atoms. The predicted octanol–water partition coefficient (Wildman–Crippen LogP) is 4.38. The largest absolute Gasteiger partial charge is 0.354 e. The van der Waals surface area contributed by atoms with E-state index in [1.54, 1.807) is 0 Å². The zero-order valence-electron chi connectivity index (χ0n) is 12.5. The first-order valence-corrected chi connectivity index (χ1v) is 7.19. The van der Waals surface area contributed by atoms with Gasteiger partial charge in [-0.3, -0.25) is 0 Å². The summed E-state index contributed by atoms with van der Waals surface area (Å²) in [5.74, 6) is 0. The summed E-state index contributed by atoms with van der Waals surface area (Å²) in [6.07, 6.45) is 0.0590. The van der Waals surface area contributed by atoms with E-state index < -0.39 is 0 Å². The number of hydrogen-bond acceptors (Lipinski definition) is 2. The monoisotopic (exact) mass is 269 g/mol. The van der Waals surface area contributed by atoms with Crippen molar-refractivity contribution in [3.63, 3.8) is 0 Å². The molecule has 2 heteroatoms. The smallest absolute Gasteiger partial charge is 0.127 e. The van der Waals surface area contributed by atoms with E-state index >= 15 is 0 Å². The number of benzene rings is 2. The van der Waals surface area contributed by atoms with Gasteiger partial charge in [0, 0.05) is 12.2 Å². The van der Waals surface area contributed by atoms with Gasteiger partial charge in [0.25, 0.3) is 0 Å². The molecule has 0 N–H and O–H groups in total. The Morgan fingerprint density at radius 1 is 1.00 bits per heavy atom. The van der Waals surface area contributed by atoms with Gasteiger partial charge in [-0.25, -0.2) is 0 Å². The number of anilines is 1. The van der Waals surface area contributed by atoms with E-state index in [0.717, 1.165) is 6.54 Å². The zero-order chi connectivity index (χ0) is 14.4. The first-order valence-electron chi connectivity index (χ1n) is 7.19. The summed E-state index contributed by atoms with van der Waals surface area (Å²) in [6, 6.07) is 18.9. The average molecular weight is 269 g/mol. The maximum atomic E-state index is 6.00. The molecule has 0 saturated heterocycles. The van der Waals surface area contributed by atoms with E-state index in [4.69, 9.17) is 4.74 Å². The van der Waals surface area contributed by atoms with Crippen molar-refractivity contribution < 1.29 is 4.74 Å². The van der Waals surface area contributed by atoms with Gasteiger partial charge in [-0.1, -0.05) is 48.0 Å². The highest BCUT2D eigenvalue weighted by Crippen LogP contribution is 2.17. The molecule has 0 heterocycles. The van der Waals surface area contributed by atoms with E-state index in [1.165, 1.54) is 16.8 Å². The van der Waals surface area contributed by atoms with Gasteiger partial charge >= 0.3 is 0 Å². The van der Waals surface area contributed by atoms with Crippen LogP contribution in [0.1, 0.15) is 25.0 Å². The van der Waals surface area contributed by atoms with Gasteiger partial charge in [-0.2, -0.15) is 0 Å². The van der Waals surface area contributed by atoms with Crippen molar-refractivity contribution in [1.82, 2.24) is 0 Å². The van der Waals surface area contributed by atoms with Crippen molar-refractivity contribution >= 4 is 5.69 Å². The van der Waals surface area contributed by atoms with Crippen molar-refractivity contribution in [3.8, 4) is 0 Å². The molecule has 0 aliphatic carbocycles. The second-order valence-corrected chi connectivity index (χ2v) is 5.02. The summed E-state index contributed by atoms with van der Waals surface area (Å²) >= 11 is 0. The summed E-state index contributed by atoms with van der Waals surface area (Å²) in [7, 11) is 0. The zero-order valence-corrected chi connectivity index (χ0v) is 12.5. The minimum Gasteiger partial charge on any atom is -0.354 e. The topological polar surface area (TPSA) is 12.5 Å². The lowest BCUT2D eigenvalue weighted by Gasteiger charge is -2.30. The van der Waals surface area contributed by atoms with Gasteiger partial charge in [0.15, 0.2) is 0 Å². The molecule has 106 valence electrons. The molecule has 0 aliphatic rings. The molecule has 0 fully saturated rings. The number of rotatable bonds is 6. The van der Waals surface area contributed by atoms with Gasteiger partial charge in [0.2, 0.25) is 0 Å². The Labute approximate surface area is 122 Å². The van der Waals surface area contributed by atoms with Crippen molar-refractivity contribution in [2.24, 2.45) is 0 Å². The van der Waals surface area contributed by atoms with Crippen LogP contribution in [-0.4, -0.2) is 12.8 Å². The van der Waals surface area contributed by atoms with Crippen molar-refractivity contribution in [1.29, 1.82) is 0 Å². The van der Waals surface area contributed by atoms with Crippen LogP contribution in [-0.2, 0) is 11.3 Å². The van der Waals surface area contributed by atoms with Gasteiger partial charge < -0.3 is 9.64 Å². The van der Waals surface area contributed by atoms with Crippen molar-refractivity contribution in [2.75, 3.05) is 11.4 Å². The van der Waals surface area contributed by atoms with Crippen LogP contribution in [0, 0.1) is 6.92 Å². The van der Waals surface area contributed by atoms with Crippen molar-refractivity contribution in [2.45, 2.75) is 33.6 Å². The third-order valence-corrected chi connectivity index (χ3v) is 3.48. The Bertz CT molecular complexity index is 507. The Morgan fingerprint density at radius 3 is 2.25 bits per heavy atom. The lowest BCUT2D eigenvalue weighted by atomic mass is 10.2. The fraction of sp³-hybridized carbons (Fsp3) is 0.333. The lowest BCUT2D eigenvalue weighted by Crippen LogP contribution is -2.34. The first-order chi connectivity index (χ1) is 9.70. The molecule has 2 nitrogen and oxygen atoms in total. The summed E-state index contributed by atoms with van der Waals surface area (Å²) in [5.41, 5.74) is 3.69. The molecule has 1 unspecified atom stereocenters. The highest BCUT2D eigenvalue weighted by molar-refractivity contribution is 5.46. The normalized spacial score (nSPS) is 12.2. The fourth-order valence-corrected chi connectivity index (χ4v) is 2.26. The van der Waals surface area contributed by atoms with E-state index in [0.29, 0.717) is 6.61 Å². The number of nitrogens with zero attached hydrogens (tertiary/aromatic N) is 1. The van der Waals surface area contributed by atoms with Crippen molar-refractivity contribution in [3.05, 3.63) is 65.7 Å². The molecule has 0 amide bonds. The highest BCUT2D eigenvalue weighted by atomic mass is 16.5. The van der Waals surface area contributed by atoms with Gasteiger partial charge in [-0.05, 0) is 38.5 Å². The summed E-state index contributed by atoms with van der Waals surface area (Å²) in [6.45, 7) is 7.93. The molecule has 2 aromatic carbocycles. The second-order valence-electron chi connectivity index (χ2n) is 5.02. The molecular weight excluding hydrogens is 246 g/mol. The van der Waals surface area contributed by atoms with Crippen LogP contribution in [0.2, 0.25) is 0 Å². The summed E-state index contributed by atoms with van der Waals surface area (Å²) in [5, 5.41) is 0. The van der Waals surface area contributed by atoms with E-state index in [2.05, 4.69) is 74.2 Å². The van der Waals surface area contributed by atoms with E-state index in [9.17, 15) is 0 Å². The van der Waals surface area contributed by atoms with Crippen LogP contribution in [0.25, 0.3) is 0 Å².